The fraction of sp³-hybridized carbons (Fsp3) is 0.214. The SMILES string of the molecule is C=CN=C(C=C)CCOc1cccc(C)c1. The van der Waals surface area contributed by atoms with Gasteiger partial charge in [-0.3, -0.25) is 4.99 Å². The predicted molar refractivity (Wildman–Crippen MR) is 69.1 cm³/mol. The third-order valence-electron chi connectivity index (χ3n) is 2.11. The number of aliphatic imine (C=N–C) groups is 1. The van der Waals surface area contributed by atoms with E-state index in [0.29, 0.717) is 6.61 Å². The number of aryl methyl sites for hydroxylation is 1. The van der Waals surface area contributed by atoms with Gasteiger partial charge in [-0.25, -0.2) is 0 Å². The highest BCUT2D eigenvalue weighted by molar-refractivity contribution is 5.94. The Labute approximate surface area is 97.0 Å². The molecule has 0 saturated carbocycles. The Bertz CT molecular complexity index is 393. The Morgan fingerprint density at radius 3 is 2.88 bits per heavy atom. The summed E-state index contributed by atoms with van der Waals surface area (Å²) in [5.41, 5.74) is 2.09. The number of ether oxygens (including phenoxy) is 1. The molecule has 0 N–H and O–H groups in total. The molecule has 0 aromatic heterocycles. The van der Waals surface area contributed by atoms with E-state index in [1.807, 2.05) is 31.2 Å². The fourth-order valence-electron chi connectivity index (χ4n) is 1.32. The molecule has 0 spiro atoms. The molecule has 1 rings (SSSR count). The van der Waals surface area contributed by atoms with Gasteiger partial charge in [-0.15, -0.1) is 0 Å². The van der Waals surface area contributed by atoms with Crippen LogP contribution >= 0.6 is 0 Å². The minimum absolute atomic E-state index is 0.599. The molecule has 0 amide bonds. The van der Waals surface area contributed by atoms with Crippen LogP contribution in [0, 0.1) is 6.92 Å². The second kappa shape index (κ2) is 6.62. The molecule has 2 nitrogen and oxygen atoms in total. The molecular weight excluding hydrogens is 198 g/mol. The number of hydrogen-bond acceptors (Lipinski definition) is 2. The molecule has 1 aromatic rings. The summed E-state index contributed by atoms with van der Waals surface area (Å²) in [5, 5.41) is 0. The van der Waals surface area contributed by atoms with Gasteiger partial charge in [0.25, 0.3) is 0 Å². The minimum atomic E-state index is 0.599. The van der Waals surface area contributed by atoms with E-state index >= 15 is 0 Å². The van der Waals surface area contributed by atoms with Crippen LogP contribution in [-0.2, 0) is 0 Å². The first-order valence-electron chi connectivity index (χ1n) is 5.25. The average Bonchev–Trinajstić information content (AvgIpc) is 2.28. The van der Waals surface area contributed by atoms with Crippen LogP contribution in [0.25, 0.3) is 0 Å². The summed E-state index contributed by atoms with van der Waals surface area (Å²) in [7, 11) is 0. The van der Waals surface area contributed by atoms with Crippen molar-refractivity contribution in [1.82, 2.24) is 0 Å². The second-order valence-corrected chi connectivity index (χ2v) is 3.42. The lowest BCUT2D eigenvalue weighted by Gasteiger charge is -2.06. The van der Waals surface area contributed by atoms with Crippen molar-refractivity contribution in [2.45, 2.75) is 13.3 Å². The maximum atomic E-state index is 5.60. The molecular formula is C14H17NO. The number of rotatable bonds is 6. The van der Waals surface area contributed by atoms with Crippen LogP contribution in [0.2, 0.25) is 0 Å². The summed E-state index contributed by atoms with van der Waals surface area (Å²) in [6.45, 7) is 9.88. The van der Waals surface area contributed by atoms with Gasteiger partial charge in [0.05, 0.1) is 6.61 Å². The van der Waals surface area contributed by atoms with Crippen molar-refractivity contribution < 1.29 is 4.74 Å². The minimum Gasteiger partial charge on any atom is -0.493 e. The van der Waals surface area contributed by atoms with Gasteiger partial charge in [0.15, 0.2) is 0 Å². The van der Waals surface area contributed by atoms with Crippen LogP contribution in [0.15, 0.2) is 54.7 Å². The lowest BCUT2D eigenvalue weighted by Crippen LogP contribution is -2.03. The quantitative estimate of drug-likeness (QED) is 0.665. The zero-order valence-corrected chi connectivity index (χ0v) is 9.65. The lowest BCUT2D eigenvalue weighted by atomic mass is 10.2. The summed E-state index contributed by atoms with van der Waals surface area (Å²) in [6, 6.07) is 7.99. The van der Waals surface area contributed by atoms with E-state index in [1.54, 1.807) is 6.08 Å². The molecule has 0 saturated heterocycles. The molecule has 0 aliphatic heterocycles. The van der Waals surface area contributed by atoms with Crippen molar-refractivity contribution in [3.05, 3.63) is 55.3 Å². The van der Waals surface area contributed by atoms with E-state index in [2.05, 4.69) is 18.2 Å². The molecule has 0 fully saturated rings. The third kappa shape index (κ3) is 4.13. The molecule has 1 aromatic carbocycles. The van der Waals surface area contributed by atoms with Crippen molar-refractivity contribution in [3.63, 3.8) is 0 Å². The first-order valence-corrected chi connectivity index (χ1v) is 5.25. The van der Waals surface area contributed by atoms with Gasteiger partial charge < -0.3 is 4.74 Å². The van der Waals surface area contributed by atoms with Crippen LogP contribution in [0.3, 0.4) is 0 Å². The van der Waals surface area contributed by atoms with Gasteiger partial charge in [-0.05, 0) is 30.7 Å². The molecule has 0 aliphatic rings. The summed E-state index contributed by atoms with van der Waals surface area (Å²) >= 11 is 0. The zero-order valence-electron chi connectivity index (χ0n) is 9.65. The predicted octanol–water partition coefficient (Wildman–Crippen LogP) is 3.53. The van der Waals surface area contributed by atoms with Crippen LogP contribution in [0.5, 0.6) is 5.75 Å². The fourth-order valence-corrected chi connectivity index (χ4v) is 1.32. The molecule has 2 heteroatoms. The number of hydrogen-bond donors (Lipinski definition) is 0. The van der Waals surface area contributed by atoms with Crippen LogP contribution in [-0.4, -0.2) is 12.3 Å². The topological polar surface area (TPSA) is 21.6 Å². The largest absolute Gasteiger partial charge is 0.493 e. The molecule has 0 bridgehead atoms. The third-order valence-corrected chi connectivity index (χ3v) is 2.11. The highest BCUT2D eigenvalue weighted by Gasteiger charge is 1.96. The van der Waals surface area contributed by atoms with Gasteiger partial charge >= 0.3 is 0 Å². The molecule has 0 atom stereocenters. The van der Waals surface area contributed by atoms with Crippen LogP contribution < -0.4 is 4.74 Å². The second-order valence-electron chi connectivity index (χ2n) is 3.42. The number of benzene rings is 1. The van der Waals surface area contributed by atoms with Crippen molar-refractivity contribution in [1.29, 1.82) is 0 Å². The molecule has 0 heterocycles. The van der Waals surface area contributed by atoms with E-state index in [-0.39, 0.29) is 0 Å². The van der Waals surface area contributed by atoms with Crippen molar-refractivity contribution >= 4 is 5.71 Å². The molecule has 0 radical (unpaired) electrons. The van der Waals surface area contributed by atoms with E-state index < -0.39 is 0 Å². The van der Waals surface area contributed by atoms with E-state index in [9.17, 15) is 0 Å². The van der Waals surface area contributed by atoms with E-state index in [0.717, 1.165) is 17.9 Å². The van der Waals surface area contributed by atoms with Crippen LogP contribution in [0.4, 0.5) is 0 Å². The zero-order chi connectivity index (χ0) is 11.8. The van der Waals surface area contributed by atoms with E-state index in [4.69, 9.17) is 4.74 Å². The van der Waals surface area contributed by atoms with Gasteiger partial charge in [0.2, 0.25) is 0 Å². The van der Waals surface area contributed by atoms with Crippen molar-refractivity contribution in [2.24, 2.45) is 4.99 Å². The molecule has 84 valence electrons. The van der Waals surface area contributed by atoms with Gasteiger partial charge in [-0.1, -0.05) is 25.3 Å². The molecule has 0 aliphatic carbocycles. The Morgan fingerprint density at radius 1 is 1.44 bits per heavy atom. The standard InChI is InChI=1S/C14H17NO/c1-4-13(15-5-2)9-10-16-14-8-6-7-12(3)11-14/h4-8,11H,1-2,9-10H2,3H3. The summed E-state index contributed by atoms with van der Waals surface area (Å²) in [5.74, 6) is 0.891. The Morgan fingerprint density at radius 2 is 2.25 bits per heavy atom. The molecule has 0 unspecified atom stereocenters. The smallest absolute Gasteiger partial charge is 0.119 e. The first-order chi connectivity index (χ1) is 7.76. The van der Waals surface area contributed by atoms with E-state index in [1.165, 1.54) is 11.8 Å². The summed E-state index contributed by atoms with van der Waals surface area (Å²) < 4.78 is 5.60. The maximum Gasteiger partial charge on any atom is 0.119 e. The normalized spacial score (nSPS) is 10.9. The Kier molecular flexibility index (Phi) is 5.06. The molecule has 16 heavy (non-hydrogen) atoms. The average molecular weight is 215 g/mol. The highest BCUT2D eigenvalue weighted by Crippen LogP contribution is 2.12. The maximum absolute atomic E-state index is 5.60. The van der Waals surface area contributed by atoms with Crippen molar-refractivity contribution in [2.75, 3.05) is 6.61 Å². The van der Waals surface area contributed by atoms with Gasteiger partial charge in [0, 0.05) is 18.3 Å². The number of allylic oxidation sites excluding steroid dienone is 1. The Balaban J connectivity index is 2.43. The van der Waals surface area contributed by atoms with Crippen LogP contribution in [0.1, 0.15) is 12.0 Å². The van der Waals surface area contributed by atoms with Crippen molar-refractivity contribution in [3.8, 4) is 5.75 Å². The monoisotopic (exact) mass is 215 g/mol. The summed E-state index contributed by atoms with van der Waals surface area (Å²) in [6.07, 6.45) is 3.98. The number of nitrogens with zero attached hydrogens (tertiary/aromatic N) is 1. The first kappa shape index (κ1) is 12.2. The Hall–Kier alpha value is -1.83. The summed E-state index contributed by atoms with van der Waals surface area (Å²) in [4.78, 5) is 4.07. The lowest BCUT2D eigenvalue weighted by molar-refractivity contribution is 0.329. The van der Waals surface area contributed by atoms with Gasteiger partial charge in [0.1, 0.15) is 5.75 Å². The highest BCUT2D eigenvalue weighted by atomic mass is 16.5. The van der Waals surface area contributed by atoms with Gasteiger partial charge in [-0.2, -0.15) is 0 Å².